The maximum atomic E-state index is 10.2. The van der Waals surface area contributed by atoms with E-state index in [9.17, 15) is 5.11 Å². The van der Waals surface area contributed by atoms with E-state index in [4.69, 9.17) is 4.74 Å². The van der Waals surface area contributed by atoms with Crippen molar-refractivity contribution in [1.29, 1.82) is 0 Å². The van der Waals surface area contributed by atoms with Gasteiger partial charge in [-0.1, -0.05) is 37.3 Å². The van der Waals surface area contributed by atoms with Crippen molar-refractivity contribution in [3.8, 4) is 5.75 Å². The Morgan fingerprint density at radius 1 is 1.20 bits per heavy atom. The van der Waals surface area contributed by atoms with Crippen LogP contribution in [0.3, 0.4) is 0 Å². The Morgan fingerprint density at radius 3 is 2.75 bits per heavy atom. The molecule has 106 valence electrons. The number of pyridine rings is 1. The summed E-state index contributed by atoms with van der Waals surface area (Å²) in [6, 6.07) is 12.1. The van der Waals surface area contributed by atoms with Gasteiger partial charge in [-0.25, -0.2) is 0 Å². The van der Waals surface area contributed by atoms with Crippen LogP contribution in [0.2, 0.25) is 0 Å². The molecule has 0 fully saturated rings. The molecule has 0 aliphatic rings. The lowest BCUT2D eigenvalue weighted by Crippen LogP contribution is -2.02. The summed E-state index contributed by atoms with van der Waals surface area (Å²) in [6.07, 6.45) is 5.37. The lowest BCUT2D eigenvalue weighted by atomic mass is 10.0. The number of aryl methyl sites for hydroxylation is 1. The quantitative estimate of drug-likeness (QED) is 0.837. The Morgan fingerprint density at radius 2 is 2.00 bits per heavy atom. The highest BCUT2D eigenvalue weighted by Crippen LogP contribution is 2.22. The molecule has 2 rings (SSSR count). The van der Waals surface area contributed by atoms with Crippen LogP contribution in [0.1, 0.15) is 37.0 Å². The molecule has 3 heteroatoms. The molecule has 20 heavy (non-hydrogen) atoms. The molecule has 0 aliphatic carbocycles. The molecule has 0 spiro atoms. The van der Waals surface area contributed by atoms with Crippen molar-refractivity contribution >= 4 is 0 Å². The first-order valence-corrected chi connectivity index (χ1v) is 7.09. The van der Waals surface area contributed by atoms with Gasteiger partial charge in [0.1, 0.15) is 5.75 Å². The molecule has 1 aromatic carbocycles. The first-order valence-electron chi connectivity index (χ1n) is 7.09. The fraction of sp³-hybridized carbons (Fsp3) is 0.353. The highest BCUT2D eigenvalue weighted by atomic mass is 16.5. The van der Waals surface area contributed by atoms with E-state index in [1.54, 1.807) is 12.4 Å². The van der Waals surface area contributed by atoms with Crippen LogP contribution in [-0.2, 0) is 6.42 Å². The molecule has 1 heterocycles. The standard InChI is InChI=1S/C17H21NO2/c1-2-10-20-16-11-15(12-18-13-16)17(19)9-8-14-6-4-3-5-7-14/h3-7,11-13,17,19H,2,8-10H2,1H3. The minimum Gasteiger partial charge on any atom is -0.492 e. The van der Waals surface area contributed by atoms with Gasteiger partial charge in [-0.3, -0.25) is 4.98 Å². The van der Waals surface area contributed by atoms with Gasteiger partial charge in [-0.15, -0.1) is 0 Å². The molecule has 0 aliphatic heterocycles. The van der Waals surface area contributed by atoms with E-state index in [0.29, 0.717) is 13.0 Å². The van der Waals surface area contributed by atoms with E-state index in [-0.39, 0.29) is 0 Å². The number of ether oxygens (including phenoxy) is 1. The summed E-state index contributed by atoms with van der Waals surface area (Å²) < 4.78 is 5.54. The Kier molecular flexibility index (Phi) is 5.56. The second-order valence-electron chi connectivity index (χ2n) is 4.84. The lowest BCUT2D eigenvalue weighted by Gasteiger charge is -2.12. The third kappa shape index (κ3) is 4.35. The van der Waals surface area contributed by atoms with E-state index >= 15 is 0 Å². The Bertz CT molecular complexity index is 513. The van der Waals surface area contributed by atoms with Crippen molar-refractivity contribution in [3.05, 3.63) is 59.9 Å². The zero-order chi connectivity index (χ0) is 14.2. The van der Waals surface area contributed by atoms with Gasteiger partial charge in [0.05, 0.1) is 18.9 Å². The highest BCUT2D eigenvalue weighted by Gasteiger charge is 2.09. The largest absolute Gasteiger partial charge is 0.492 e. The van der Waals surface area contributed by atoms with Crippen molar-refractivity contribution in [2.75, 3.05) is 6.61 Å². The second kappa shape index (κ2) is 7.65. The summed E-state index contributed by atoms with van der Waals surface area (Å²) in [5, 5.41) is 10.2. The molecule has 0 radical (unpaired) electrons. The predicted molar refractivity (Wildman–Crippen MR) is 79.7 cm³/mol. The summed E-state index contributed by atoms with van der Waals surface area (Å²) in [4.78, 5) is 4.13. The van der Waals surface area contributed by atoms with Crippen LogP contribution in [0.5, 0.6) is 5.75 Å². The molecule has 0 saturated carbocycles. The summed E-state index contributed by atoms with van der Waals surface area (Å²) in [5.41, 5.74) is 2.05. The van der Waals surface area contributed by atoms with E-state index in [0.717, 1.165) is 24.2 Å². The monoisotopic (exact) mass is 271 g/mol. The van der Waals surface area contributed by atoms with Crippen molar-refractivity contribution < 1.29 is 9.84 Å². The van der Waals surface area contributed by atoms with Gasteiger partial charge in [0.2, 0.25) is 0 Å². The number of benzene rings is 1. The highest BCUT2D eigenvalue weighted by molar-refractivity contribution is 5.25. The van der Waals surface area contributed by atoms with Crippen LogP contribution in [0, 0.1) is 0 Å². The van der Waals surface area contributed by atoms with E-state index in [1.165, 1.54) is 5.56 Å². The average Bonchev–Trinajstić information content (AvgIpc) is 2.52. The zero-order valence-corrected chi connectivity index (χ0v) is 11.8. The predicted octanol–water partition coefficient (Wildman–Crippen LogP) is 3.54. The minimum atomic E-state index is -0.507. The molecule has 1 atom stereocenters. The first-order chi connectivity index (χ1) is 9.79. The normalized spacial score (nSPS) is 12.1. The number of nitrogens with zero attached hydrogens (tertiary/aromatic N) is 1. The summed E-state index contributed by atoms with van der Waals surface area (Å²) >= 11 is 0. The van der Waals surface area contributed by atoms with E-state index in [2.05, 4.69) is 24.0 Å². The smallest absolute Gasteiger partial charge is 0.137 e. The Hall–Kier alpha value is -1.87. The molecule has 1 unspecified atom stereocenters. The lowest BCUT2D eigenvalue weighted by molar-refractivity contribution is 0.167. The van der Waals surface area contributed by atoms with Crippen molar-refractivity contribution in [2.45, 2.75) is 32.3 Å². The molecule has 0 saturated heterocycles. The molecule has 3 nitrogen and oxygen atoms in total. The molecule has 1 N–H and O–H groups in total. The van der Waals surface area contributed by atoms with Crippen LogP contribution in [-0.4, -0.2) is 16.7 Å². The molecular formula is C17H21NO2. The second-order valence-corrected chi connectivity index (χ2v) is 4.84. The van der Waals surface area contributed by atoms with Crippen LogP contribution in [0.4, 0.5) is 0 Å². The Balaban J connectivity index is 1.93. The van der Waals surface area contributed by atoms with E-state index in [1.807, 2.05) is 24.3 Å². The van der Waals surface area contributed by atoms with Gasteiger partial charge >= 0.3 is 0 Å². The van der Waals surface area contributed by atoms with Crippen LogP contribution < -0.4 is 4.74 Å². The van der Waals surface area contributed by atoms with Crippen molar-refractivity contribution in [2.24, 2.45) is 0 Å². The number of rotatable bonds is 7. The SMILES string of the molecule is CCCOc1cncc(C(O)CCc2ccccc2)c1. The van der Waals surface area contributed by atoms with Gasteiger partial charge in [0.15, 0.2) is 0 Å². The van der Waals surface area contributed by atoms with Gasteiger partial charge in [-0.2, -0.15) is 0 Å². The van der Waals surface area contributed by atoms with E-state index < -0.39 is 6.10 Å². The topological polar surface area (TPSA) is 42.4 Å². The van der Waals surface area contributed by atoms with Crippen molar-refractivity contribution in [1.82, 2.24) is 4.98 Å². The fourth-order valence-electron chi connectivity index (χ4n) is 2.03. The Labute approximate surface area is 120 Å². The van der Waals surface area contributed by atoms with Crippen LogP contribution in [0.25, 0.3) is 0 Å². The molecular weight excluding hydrogens is 250 g/mol. The van der Waals surface area contributed by atoms with Crippen LogP contribution >= 0.6 is 0 Å². The third-order valence-corrected chi connectivity index (χ3v) is 3.14. The number of aliphatic hydroxyl groups excluding tert-OH is 1. The van der Waals surface area contributed by atoms with Gasteiger partial charge < -0.3 is 9.84 Å². The maximum absolute atomic E-state index is 10.2. The zero-order valence-electron chi connectivity index (χ0n) is 11.8. The van der Waals surface area contributed by atoms with Gasteiger partial charge in [-0.05, 0) is 30.9 Å². The number of aromatic nitrogens is 1. The van der Waals surface area contributed by atoms with Gasteiger partial charge in [0.25, 0.3) is 0 Å². The first kappa shape index (κ1) is 14.5. The van der Waals surface area contributed by atoms with Crippen molar-refractivity contribution in [3.63, 3.8) is 0 Å². The van der Waals surface area contributed by atoms with Gasteiger partial charge in [0, 0.05) is 11.8 Å². The van der Waals surface area contributed by atoms with Crippen LogP contribution in [0.15, 0.2) is 48.8 Å². The number of aliphatic hydroxyl groups is 1. The molecule has 0 amide bonds. The average molecular weight is 271 g/mol. The summed E-state index contributed by atoms with van der Waals surface area (Å²) in [5.74, 6) is 0.725. The third-order valence-electron chi connectivity index (χ3n) is 3.14. The fourth-order valence-corrected chi connectivity index (χ4v) is 2.03. The molecule has 2 aromatic rings. The minimum absolute atomic E-state index is 0.507. The molecule has 1 aromatic heterocycles. The number of hydrogen-bond acceptors (Lipinski definition) is 3. The summed E-state index contributed by atoms with van der Waals surface area (Å²) in [7, 11) is 0. The maximum Gasteiger partial charge on any atom is 0.137 e. The molecule has 0 bridgehead atoms. The number of hydrogen-bond donors (Lipinski definition) is 1. The summed E-state index contributed by atoms with van der Waals surface area (Å²) in [6.45, 7) is 2.73.